The number of hydrogen-bond acceptors (Lipinski definition) is 4. The fourth-order valence-electron chi connectivity index (χ4n) is 2.22. The molecule has 3 N–H and O–H groups in total. The number of aromatic hydroxyl groups is 1. The van der Waals surface area contributed by atoms with Crippen LogP contribution >= 0.6 is 0 Å². The van der Waals surface area contributed by atoms with Gasteiger partial charge in [0.15, 0.2) is 5.82 Å². The van der Waals surface area contributed by atoms with Gasteiger partial charge >= 0.3 is 6.03 Å². The van der Waals surface area contributed by atoms with Crippen molar-refractivity contribution in [2.24, 2.45) is 0 Å². The van der Waals surface area contributed by atoms with Crippen LogP contribution in [0.1, 0.15) is 18.1 Å². The summed E-state index contributed by atoms with van der Waals surface area (Å²) in [7, 11) is 0. The summed E-state index contributed by atoms with van der Waals surface area (Å²) in [5.74, 6) is 1.93. The highest BCUT2D eigenvalue weighted by Crippen LogP contribution is 2.14. The van der Waals surface area contributed by atoms with Crippen molar-refractivity contribution in [3.63, 3.8) is 0 Å². The number of phenolic OH excluding ortho intramolecular Hbond substituents is 1. The SMILES string of the molecule is O=C(NCc1nnc2n1CCC2)Nc1ccc(O)cc1. The van der Waals surface area contributed by atoms with E-state index in [4.69, 9.17) is 5.11 Å². The molecule has 2 aromatic rings. The zero-order chi connectivity index (χ0) is 13.9. The lowest BCUT2D eigenvalue weighted by atomic mass is 10.3. The van der Waals surface area contributed by atoms with Crippen LogP contribution < -0.4 is 10.6 Å². The summed E-state index contributed by atoms with van der Waals surface area (Å²) in [6, 6.07) is 5.97. The number of anilines is 1. The maximum absolute atomic E-state index is 11.8. The maximum atomic E-state index is 11.8. The van der Waals surface area contributed by atoms with E-state index in [2.05, 4.69) is 20.8 Å². The van der Waals surface area contributed by atoms with Gasteiger partial charge in [0.2, 0.25) is 0 Å². The van der Waals surface area contributed by atoms with Crippen molar-refractivity contribution in [2.75, 3.05) is 5.32 Å². The second-order valence-electron chi connectivity index (χ2n) is 4.64. The van der Waals surface area contributed by atoms with E-state index in [0.29, 0.717) is 12.2 Å². The highest BCUT2D eigenvalue weighted by atomic mass is 16.3. The smallest absolute Gasteiger partial charge is 0.319 e. The summed E-state index contributed by atoms with van der Waals surface area (Å²) < 4.78 is 2.04. The van der Waals surface area contributed by atoms with E-state index in [-0.39, 0.29) is 11.8 Å². The van der Waals surface area contributed by atoms with Gasteiger partial charge in [0.25, 0.3) is 0 Å². The van der Waals surface area contributed by atoms with Crippen LogP contribution in [0.25, 0.3) is 0 Å². The molecule has 0 fully saturated rings. The highest BCUT2D eigenvalue weighted by molar-refractivity contribution is 5.89. The summed E-state index contributed by atoms with van der Waals surface area (Å²) in [5, 5.41) is 22.7. The third-order valence-electron chi connectivity index (χ3n) is 3.22. The molecule has 0 bridgehead atoms. The van der Waals surface area contributed by atoms with Crippen molar-refractivity contribution in [3.05, 3.63) is 35.9 Å². The van der Waals surface area contributed by atoms with Crippen LogP contribution in [-0.4, -0.2) is 25.9 Å². The molecule has 1 aliphatic rings. The molecule has 2 heterocycles. The molecule has 20 heavy (non-hydrogen) atoms. The molecule has 0 spiro atoms. The highest BCUT2D eigenvalue weighted by Gasteiger charge is 2.17. The molecular formula is C13H15N5O2. The Morgan fingerprint density at radius 3 is 2.90 bits per heavy atom. The number of amides is 2. The molecule has 0 atom stereocenters. The van der Waals surface area contributed by atoms with Crippen molar-refractivity contribution in [2.45, 2.75) is 25.9 Å². The number of carbonyl (C=O) groups excluding carboxylic acids is 1. The Hall–Kier alpha value is -2.57. The number of fused-ring (bicyclic) bond motifs is 1. The fraction of sp³-hybridized carbons (Fsp3) is 0.308. The molecule has 3 rings (SSSR count). The first-order valence-electron chi connectivity index (χ1n) is 6.47. The lowest BCUT2D eigenvalue weighted by Crippen LogP contribution is -2.29. The van der Waals surface area contributed by atoms with Gasteiger partial charge in [0, 0.05) is 18.7 Å². The minimum Gasteiger partial charge on any atom is -0.508 e. The molecule has 7 heteroatoms. The third-order valence-corrected chi connectivity index (χ3v) is 3.22. The Morgan fingerprint density at radius 1 is 1.30 bits per heavy atom. The first-order chi connectivity index (χ1) is 9.72. The second-order valence-corrected chi connectivity index (χ2v) is 4.64. The number of aryl methyl sites for hydroxylation is 1. The van der Waals surface area contributed by atoms with E-state index >= 15 is 0 Å². The molecule has 1 aromatic carbocycles. The average molecular weight is 273 g/mol. The first kappa shape index (κ1) is 12.5. The van der Waals surface area contributed by atoms with Gasteiger partial charge in [-0.25, -0.2) is 4.79 Å². The molecule has 7 nitrogen and oxygen atoms in total. The van der Waals surface area contributed by atoms with Crippen molar-refractivity contribution in [1.82, 2.24) is 20.1 Å². The molecule has 1 aromatic heterocycles. The van der Waals surface area contributed by atoms with Crippen molar-refractivity contribution in [3.8, 4) is 5.75 Å². The first-order valence-corrected chi connectivity index (χ1v) is 6.47. The number of rotatable bonds is 3. The number of aromatic nitrogens is 3. The van der Waals surface area contributed by atoms with E-state index in [1.807, 2.05) is 4.57 Å². The van der Waals surface area contributed by atoms with Crippen LogP contribution in [0.4, 0.5) is 10.5 Å². The van der Waals surface area contributed by atoms with Gasteiger partial charge in [-0.15, -0.1) is 10.2 Å². The monoisotopic (exact) mass is 273 g/mol. The largest absolute Gasteiger partial charge is 0.508 e. The van der Waals surface area contributed by atoms with Gasteiger partial charge in [-0.3, -0.25) is 0 Å². The number of urea groups is 1. The van der Waals surface area contributed by atoms with Gasteiger partial charge in [0.05, 0.1) is 6.54 Å². The Balaban J connectivity index is 1.55. The molecule has 0 unspecified atom stereocenters. The Morgan fingerprint density at radius 2 is 2.10 bits per heavy atom. The van der Waals surface area contributed by atoms with E-state index in [1.165, 1.54) is 12.1 Å². The van der Waals surface area contributed by atoms with E-state index in [0.717, 1.165) is 31.0 Å². The zero-order valence-electron chi connectivity index (χ0n) is 10.8. The number of carbonyl (C=O) groups is 1. The molecule has 1 aliphatic heterocycles. The van der Waals surface area contributed by atoms with Gasteiger partial charge < -0.3 is 20.3 Å². The predicted molar refractivity (Wildman–Crippen MR) is 72.3 cm³/mol. The normalized spacial score (nSPS) is 13.0. The Kier molecular flexibility index (Phi) is 3.24. The number of nitrogens with zero attached hydrogens (tertiary/aromatic N) is 3. The predicted octanol–water partition coefficient (Wildman–Crippen LogP) is 1.25. The summed E-state index contributed by atoms with van der Waals surface area (Å²) in [5.41, 5.74) is 0.617. The minimum absolute atomic E-state index is 0.162. The summed E-state index contributed by atoms with van der Waals surface area (Å²) >= 11 is 0. The number of hydrogen-bond donors (Lipinski definition) is 3. The maximum Gasteiger partial charge on any atom is 0.319 e. The standard InChI is InChI=1S/C13H15N5O2/c19-10-5-3-9(4-6-10)15-13(20)14-8-12-17-16-11-2-1-7-18(11)12/h3-6,19H,1-2,7-8H2,(H2,14,15,20). The van der Waals surface area contributed by atoms with Crippen LogP contribution in [0.15, 0.2) is 24.3 Å². The van der Waals surface area contributed by atoms with Crippen molar-refractivity contribution in [1.29, 1.82) is 0 Å². The van der Waals surface area contributed by atoms with E-state index in [1.54, 1.807) is 12.1 Å². The van der Waals surface area contributed by atoms with E-state index in [9.17, 15) is 4.79 Å². The van der Waals surface area contributed by atoms with E-state index < -0.39 is 0 Å². The molecule has 2 amide bonds. The van der Waals surface area contributed by atoms with Gasteiger partial charge in [-0.05, 0) is 30.7 Å². The average Bonchev–Trinajstić information content (AvgIpc) is 3.02. The molecule has 0 radical (unpaired) electrons. The number of nitrogens with one attached hydrogen (secondary N) is 2. The summed E-state index contributed by atoms with van der Waals surface area (Å²) in [6.07, 6.45) is 2.03. The van der Waals surface area contributed by atoms with Crippen LogP contribution in [-0.2, 0) is 19.5 Å². The molecule has 104 valence electrons. The Bertz CT molecular complexity index is 620. The zero-order valence-corrected chi connectivity index (χ0v) is 10.8. The molecular weight excluding hydrogens is 258 g/mol. The number of phenols is 1. The van der Waals surface area contributed by atoms with Crippen molar-refractivity contribution < 1.29 is 9.90 Å². The molecule has 0 saturated carbocycles. The quantitative estimate of drug-likeness (QED) is 0.734. The third kappa shape index (κ3) is 2.56. The van der Waals surface area contributed by atoms with Gasteiger partial charge in [-0.2, -0.15) is 0 Å². The topological polar surface area (TPSA) is 92.1 Å². The molecule has 0 saturated heterocycles. The van der Waals surface area contributed by atoms with Gasteiger partial charge in [-0.1, -0.05) is 0 Å². The summed E-state index contributed by atoms with van der Waals surface area (Å²) in [6.45, 7) is 1.26. The van der Waals surface area contributed by atoms with Crippen LogP contribution in [0.5, 0.6) is 5.75 Å². The van der Waals surface area contributed by atoms with Crippen LogP contribution in [0.3, 0.4) is 0 Å². The van der Waals surface area contributed by atoms with Crippen LogP contribution in [0, 0.1) is 0 Å². The minimum atomic E-state index is -0.314. The molecule has 0 aliphatic carbocycles. The lowest BCUT2D eigenvalue weighted by Gasteiger charge is -2.07. The lowest BCUT2D eigenvalue weighted by molar-refractivity contribution is 0.251. The van der Waals surface area contributed by atoms with Crippen LogP contribution in [0.2, 0.25) is 0 Å². The Labute approximate surface area is 115 Å². The number of benzene rings is 1. The fourth-order valence-corrected chi connectivity index (χ4v) is 2.22. The van der Waals surface area contributed by atoms with Crippen molar-refractivity contribution >= 4 is 11.7 Å². The van der Waals surface area contributed by atoms with Gasteiger partial charge in [0.1, 0.15) is 11.6 Å². The second kappa shape index (κ2) is 5.20. The summed E-state index contributed by atoms with van der Waals surface area (Å²) in [4.78, 5) is 11.8.